The molecule has 2 aliphatic rings. The van der Waals surface area contributed by atoms with Crippen LogP contribution in [0.4, 0.5) is 0 Å². The minimum absolute atomic E-state index is 0.0904. The molecule has 3 heterocycles. The first-order valence-electron chi connectivity index (χ1n) is 9.12. The van der Waals surface area contributed by atoms with Crippen LogP contribution in [0.25, 0.3) is 0 Å². The third kappa shape index (κ3) is 2.74. The Morgan fingerprint density at radius 3 is 1.17 bits per heavy atom. The topological polar surface area (TPSA) is 44.0 Å². The number of nitrogens with zero attached hydrogens (tertiary/aromatic N) is 2. The monoisotopic (exact) mass is 368 g/mol. The van der Waals surface area contributed by atoms with E-state index in [0.717, 1.165) is 10.6 Å². The van der Waals surface area contributed by atoms with Gasteiger partial charge >= 0.3 is 0 Å². The molecule has 0 spiro atoms. The van der Waals surface area contributed by atoms with E-state index in [1.165, 1.54) is 25.7 Å². The van der Waals surface area contributed by atoms with Crippen LogP contribution < -0.4 is 21.7 Å². The quantitative estimate of drug-likeness (QED) is 0.753. The molecule has 0 amide bonds. The lowest BCUT2D eigenvalue weighted by molar-refractivity contribution is 0.540. The molecule has 4 nitrogen and oxygen atoms in total. The van der Waals surface area contributed by atoms with Crippen molar-refractivity contribution in [2.24, 2.45) is 14.1 Å². The van der Waals surface area contributed by atoms with Gasteiger partial charge in [0.25, 0.3) is 11.1 Å². The summed E-state index contributed by atoms with van der Waals surface area (Å²) in [6.07, 6.45) is 4.75. The third-order valence-electron chi connectivity index (χ3n) is 6.09. The van der Waals surface area contributed by atoms with E-state index < -0.39 is 15.8 Å². The molecule has 2 aliphatic heterocycles. The Labute approximate surface area is 147 Å². The molecule has 0 N–H and O–H groups in total. The van der Waals surface area contributed by atoms with Crippen molar-refractivity contribution in [1.29, 1.82) is 0 Å². The van der Waals surface area contributed by atoms with Gasteiger partial charge in [-0.15, -0.1) is 0 Å². The van der Waals surface area contributed by atoms with Crippen LogP contribution in [0.3, 0.4) is 0 Å². The van der Waals surface area contributed by atoms with E-state index in [9.17, 15) is 9.59 Å². The largest absolute Gasteiger partial charge is 0.273 e. The van der Waals surface area contributed by atoms with Crippen LogP contribution in [0, 0.1) is 0 Å². The van der Waals surface area contributed by atoms with Gasteiger partial charge in [0.2, 0.25) is 0 Å². The molecule has 5 atom stereocenters. The number of hydrogen-bond donors (Lipinski definition) is 0. The van der Waals surface area contributed by atoms with Gasteiger partial charge in [-0.3, -0.25) is 19.0 Å². The first-order chi connectivity index (χ1) is 11.3. The SMILES string of the molecule is CC1CC[C@@H](C)P1c1c(P2[C@H](C)CC[C@H]2C)c(=O)n(C)n(C)c1=O. The molecule has 0 aliphatic carbocycles. The zero-order valence-electron chi connectivity index (χ0n) is 15.7. The van der Waals surface area contributed by atoms with Gasteiger partial charge in [0.05, 0.1) is 10.6 Å². The van der Waals surface area contributed by atoms with E-state index in [2.05, 4.69) is 27.7 Å². The molecule has 0 radical (unpaired) electrons. The molecule has 2 saturated heterocycles. The maximum Gasteiger partial charge on any atom is 0.273 e. The van der Waals surface area contributed by atoms with Gasteiger partial charge in [-0.05, 0) is 48.3 Å². The van der Waals surface area contributed by atoms with Gasteiger partial charge in [-0.2, -0.15) is 0 Å². The smallest absolute Gasteiger partial charge is 0.267 e. The molecule has 0 saturated carbocycles. The summed E-state index contributed by atoms with van der Waals surface area (Å²) in [5, 5.41) is 1.89. The van der Waals surface area contributed by atoms with Crippen molar-refractivity contribution in [2.45, 2.75) is 76.0 Å². The lowest BCUT2D eigenvalue weighted by Crippen LogP contribution is -2.55. The van der Waals surface area contributed by atoms with Gasteiger partial charge in [0.15, 0.2) is 0 Å². The van der Waals surface area contributed by atoms with E-state index in [1.807, 2.05) is 0 Å². The predicted molar refractivity (Wildman–Crippen MR) is 106 cm³/mol. The molecule has 2 unspecified atom stereocenters. The van der Waals surface area contributed by atoms with E-state index in [0.29, 0.717) is 22.6 Å². The molecule has 1 aromatic rings. The van der Waals surface area contributed by atoms with Crippen LogP contribution in [-0.2, 0) is 14.1 Å². The lowest BCUT2D eigenvalue weighted by Gasteiger charge is -2.29. The van der Waals surface area contributed by atoms with Crippen LogP contribution >= 0.6 is 15.8 Å². The van der Waals surface area contributed by atoms with E-state index in [1.54, 1.807) is 23.5 Å². The van der Waals surface area contributed by atoms with Crippen LogP contribution in [0.1, 0.15) is 53.4 Å². The summed E-state index contributed by atoms with van der Waals surface area (Å²) < 4.78 is 3.09. The van der Waals surface area contributed by atoms with Crippen molar-refractivity contribution >= 4 is 26.5 Å². The van der Waals surface area contributed by atoms with E-state index in [4.69, 9.17) is 0 Å². The second-order valence-electron chi connectivity index (χ2n) is 7.72. The zero-order chi connectivity index (χ0) is 17.8. The summed E-state index contributed by atoms with van der Waals surface area (Å²) in [5.41, 5.74) is 2.39. The van der Waals surface area contributed by atoms with Crippen LogP contribution in [0.2, 0.25) is 0 Å². The second kappa shape index (κ2) is 6.69. The van der Waals surface area contributed by atoms with Crippen LogP contribution in [0.15, 0.2) is 9.59 Å². The van der Waals surface area contributed by atoms with E-state index >= 15 is 0 Å². The van der Waals surface area contributed by atoms with Gasteiger partial charge in [-0.1, -0.05) is 43.5 Å². The fourth-order valence-electron chi connectivity index (χ4n) is 4.52. The van der Waals surface area contributed by atoms with Crippen molar-refractivity contribution in [2.75, 3.05) is 0 Å². The van der Waals surface area contributed by atoms with E-state index in [-0.39, 0.29) is 11.1 Å². The van der Waals surface area contributed by atoms with Crippen molar-refractivity contribution in [3.63, 3.8) is 0 Å². The fraction of sp³-hybridized carbons (Fsp3) is 0.778. The van der Waals surface area contributed by atoms with Gasteiger partial charge < -0.3 is 0 Å². The Morgan fingerprint density at radius 1 is 0.667 bits per heavy atom. The number of rotatable bonds is 2. The summed E-state index contributed by atoms with van der Waals surface area (Å²) in [6, 6.07) is 0. The highest BCUT2D eigenvalue weighted by atomic mass is 31.1. The van der Waals surface area contributed by atoms with Crippen molar-refractivity contribution in [1.82, 2.24) is 9.36 Å². The first-order valence-corrected chi connectivity index (χ1v) is 12.1. The first kappa shape index (κ1) is 18.3. The highest BCUT2D eigenvalue weighted by molar-refractivity contribution is 7.73. The molecule has 0 bridgehead atoms. The van der Waals surface area contributed by atoms with Gasteiger partial charge in [0.1, 0.15) is 0 Å². The zero-order valence-corrected chi connectivity index (χ0v) is 17.5. The summed E-state index contributed by atoms with van der Waals surface area (Å²) in [7, 11) is 2.42. The molecule has 1 aromatic heterocycles. The Morgan fingerprint density at radius 2 is 0.917 bits per heavy atom. The van der Waals surface area contributed by atoms with Crippen molar-refractivity contribution < 1.29 is 0 Å². The van der Waals surface area contributed by atoms with Crippen molar-refractivity contribution in [3.05, 3.63) is 20.7 Å². The minimum Gasteiger partial charge on any atom is -0.267 e. The fourth-order valence-corrected chi connectivity index (χ4v) is 11.8. The Bertz CT molecular complexity index is 672. The normalized spacial score (nSPS) is 34.2. The second-order valence-corrected chi connectivity index (χ2v) is 13.8. The minimum atomic E-state index is -0.534. The van der Waals surface area contributed by atoms with Crippen LogP contribution in [-0.4, -0.2) is 32.0 Å². The highest BCUT2D eigenvalue weighted by Gasteiger charge is 2.41. The molecule has 3 rings (SSSR count). The molecule has 0 aromatic carbocycles. The summed E-state index contributed by atoms with van der Waals surface area (Å²) in [5.74, 6) is 0. The molecule has 134 valence electrons. The predicted octanol–water partition coefficient (Wildman–Crippen LogP) is 2.44. The third-order valence-corrected chi connectivity index (χ3v) is 13.0. The Kier molecular flexibility index (Phi) is 5.11. The number of hydrogen-bond acceptors (Lipinski definition) is 2. The lowest BCUT2D eigenvalue weighted by atomic mass is 10.2. The summed E-state index contributed by atoms with van der Waals surface area (Å²) in [4.78, 5) is 26.5. The molecule has 2 fully saturated rings. The molecular weight excluding hydrogens is 338 g/mol. The van der Waals surface area contributed by atoms with Crippen LogP contribution in [0.5, 0.6) is 0 Å². The summed E-state index contributed by atoms with van der Waals surface area (Å²) >= 11 is 0. The van der Waals surface area contributed by atoms with Gasteiger partial charge in [-0.25, -0.2) is 0 Å². The Hall–Kier alpha value is -0.460. The molecule has 24 heavy (non-hydrogen) atoms. The maximum absolute atomic E-state index is 13.2. The maximum atomic E-state index is 13.2. The van der Waals surface area contributed by atoms with Crippen molar-refractivity contribution in [3.8, 4) is 0 Å². The molecular formula is C18H30N2O2P2. The van der Waals surface area contributed by atoms with Gasteiger partial charge in [0, 0.05) is 14.1 Å². The Balaban J connectivity index is 2.31. The highest BCUT2D eigenvalue weighted by Crippen LogP contribution is 2.57. The number of aromatic nitrogens is 2. The summed E-state index contributed by atoms with van der Waals surface area (Å²) in [6.45, 7) is 9.13. The average molecular weight is 368 g/mol. The standard InChI is InChI=1S/C18H30N2O2P2/c1-11-7-8-12(2)23(11)15-16(24-13(3)9-10-14(24)4)18(22)20(6)19(5)17(15)21/h11-14H,7-10H2,1-6H3/t11-,12-,13-,14?,24?/m1/s1. The molecule has 6 heteroatoms. The average Bonchev–Trinajstić information content (AvgIpc) is 3.04.